The molecule has 116 valence electrons. The summed E-state index contributed by atoms with van der Waals surface area (Å²) in [4.78, 5) is 22.7. The van der Waals surface area contributed by atoms with Gasteiger partial charge in [-0.1, -0.05) is 13.8 Å². The van der Waals surface area contributed by atoms with E-state index in [0.29, 0.717) is 5.75 Å². The number of carbonyl (C=O) groups excluding carboxylic acids is 1. The highest BCUT2D eigenvalue weighted by molar-refractivity contribution is 5.83. The zero-order valence-corrected chi connectivity index (χ0v) is 12.5. The summed E-state index contributed by atoms with van der Waals surface area (Å²) in [5.74, 6) is -0.198. The van der Waals surface area contributed by atoms with Crippen LogP contribution in [0.3, 0.4) is 0 Å². The monoisotopic (exact) mass is 295 g/mol. The van der Waals surface area contributed by atoms with Gasteiger partial charge in [0, 0.05) is 0 Å². The van der Waals surface area contributed by atoms with E-state index in [1.165, 1.54) is 0 Å². The van der Waals surface area contributed by atoms with Crippen molar-refractivity contribution in [3.05, 3.63) is 24.3 Å². The lowest BCUT2D eigenvalue weighted by molar-refractivity contribution is -0.143. The molecule has 0 unspecified atom stereocenters. The van der Waals surface area contributed by atoms with Crippen LogP contribution in [0.2, 0.25) is 0 Å². The van der Waals surface area contributed by atoms with Gasteiger partial charge in [0.25, 0.3) is 0 Å². The number of amides is 1. The maximum absolute atomic E-state index is 11.7. The predicted molar refractivity (Wildman–Crippen MR) is 77.5 cm³/mol. The zero-order valence-electron chi connectivity index (χ0n) is 12.5. The molecule has 1 atom stereocenters. The molecule has 1 amide bonds. The summed E-state index contributed by atoms with van der Waals surface area (Å²) < 4.78 is 10.4. The third-order valence-corrected chi connectivity index (χ3v) is 2.91. The van der Waals surface area contributed by atoms with Crippen LogP contribution in [0.1, 0.15) is 20.3 Å². The van der Waals surface area contributed by atoms with Crippen LogP contribution in [-0.2, 0) is 9.59 Å². The quantitative estimate of drug-likeness (QED) is 0.762. The second kappa shape index (κ2) is 8.14. The SMILES string of the molecule is COc1ccc(OCCC(=O)N[C@@H](C(=O)O)C(C)C)cc1. The maximum atomic E-state index is 11.7. The molecule has 0 aliphatic carbocycles. The van der Waals surface area contributed by atoms with Crippen molar-refractivity contribution in [3.63, 3.8) is 0 Å². The molecule has 21 heavy (non-hydrogen) atoms. The Kier molecular flexibility index (Phi) is 6.52. The van der Waals surface area contributed by atoms with Gasteiger partial charge >= 0.3 is 5.97 Å². The maximum Gasteiger partial charge on any atom is 0.326 e. The third kappa shape index (κ3) is 5.72. The van der Waals surface area contributed by atoms with Crippen LogP contribution in [-0.4, -0.2) is 36.7 Å². The number of nitrogens with one attached hydrogen (secondary N) is 1. The molecular weight excluding hydrogens is 274 g/mol. The van der Waals surface area contributed by atoms with Gasteiger partial charge in [0.15, 0.2) is 0 Å². The third-order valence-electron chi connectivity index (χ3n) is 2.91. The van der Waals surface area contributed by atoms with Crippen molar-refractivity contribution in [1.82, 2.24) is 5.32 Å². The molecule has 0 aromatic heterocycles. The molecule has 1 rings (SSSR count). The lowest BCUT2D eigenvalue weighted by Crippen LogP contribution is -2.44. The molecule has 0 saturated carbocycles. The molecule has 0 bridgehead atoms. The van der Waals surface area contributed by atoms with E-state index in [-0.39, 0.29) is 24.9 Å². The van der Waals surface area contributed by atoms with Gasteiger partial charge in [-0.3, -0.25) is 4.79 Å². The fourth-order valence-corrected chi connectivity index (χ4v) is 1.69. The highest BCUT2D eigenvalue weighted by Crippen LogP contribution is 2.17. The number of aliphatic carboxylic acids is 1. The van der Waals surface area contributed by atoms with Gasteiger partial charge in [0.2, 0.25) is 5.91 Å². The Morgan fingerprint density at radius 3 is 2.24 bits per heavy atom. The summed E-state index contributed by atoms with van der Waals surface area (Å²) in [7, 11) is 1.58. The van der Waals surface area contributed by atoms with Gasteiger partial charge in [0.1, 0.15) is 17.5 Å². The molecular formula is C15H21NO5. The van der Waals surface area contributed by atoms with Crippen LogP contribution < -0.4 is 14.8 Å². The molecule has 1 aromatic rings. The van der Waals surface area contributed by atoms with E-state index >= 15 is 0 Å². The standard InChI is InChI=1S/C15H21NO5/c1-10(2)14(15(18)19)16-13(17)8-9-21-12-6-4-11(20-3)5-7-12/h4-7,10,14H,8-9H2,1-3H3,(H,16,17)(H,18,19)/t14-/m1/s1. The molecule has 0 radical (unpaired) electrons. The average Bonchev–Trinajstić information content (AvgIpc) is 2.45. The van der Waals surface area contributed by atoms with Gasteiger partial charge in [-0.15, -0.1) is 0 Å². The molecule has 2 N–H and O–H groups in total. The fraction of sp³-hybridized carbons (Fsp3) is 0.467. The molecule has 0 aliphatic rings. The first-order valence-electron chi connectivity index (χ1n) is 6.73. The van der Waals surface area contributed by atoms with Crippen molar-refractivity contribution < 1.29 is 24.2 Å². The molecule has 6 nitrogen and oxygen atoms in total. The number of carboxylic acids is 1. The number of methoxy groups -OCH3 is 1. The lowest BCUT2D eigenvalue weighted by Gasteiger charge is -2.17. The Balaban J connectivity index is 2.37. The lowest BCUT2D eigenvalue weighted by atomic mass is 10.0. The van der Waals surface area contributed by atoms with E-state index in [4.69, 9.17) is 14.6 Å². The van der Waals surface area contributed by atoms with E-state index in [9.17, 15) is 9.59 Å². The van der Waals surface area contributed by atoms with Crippen LogP contribution in [0.4, 0.5) is 0 Å². The van der Waals surface area contributed by atoms with Crippen LogP contribution in [0.25, 0.3) is 0 Å². The van der Waals surface area contributed by atoms with Crippen LogP contribution in [0.15, 0.2) is 24.3 Å². The predicted octanol–water partition coefficient (Wildman–Crippen LogP) is 1.69. The zero-order chi connectivity index (χ0) is 15.8. The fourth-order valence-electron chi connectivity index (χ4n) is 1.69. The topological polar surface area (TPSA) is 84.9 Å². The van der Waals surface area contributed by atoms with E-state index in [2.05, 4.69) is 5.32 Å². The molecule has 0 saturated heterocycles. The van der Waals surface area contributed by atoms with E-state index < -0.39 is 12.0 Å². The highest BCUT2D eigenvalue weighted by atomic mass is 16.5. The summed E-state index contributed by atoms with van der Waals surface area (Å²) in [5.41, 5.74) is 0. The number of rotatable bonds is 8. The number of hydrogen-bond donors (Lipinski definition) is 2. The van der Waals surface area contributed by atoms with Crippen LogP contribution >= 0.6 is 0 Å². The Labute approximate surface area is 124 Å². The second-order valence-electron chi connectivity index (χ2n) is 4.90. The van der Waals surface area contributed by atoms with Crippen molar-refractivity contribution in [2.45, 2.75) is 26.3 Å². The van der Waals surface area contributed by atoms with Gasteiger partial charge in [-0.2, -0.15) is 0 Å². The van der Waals surface area contributed by atoms with Gasteiger partial charge in [0.05, 0.1) is 20.1 Å². The summed E-state index contributed by atoms with van der Waals surface area (Å²) in [6.07, 6.45) is 0.0997. The summed E-state index contributed by atoms with van der Waals surface area (Å²) in [5, 5.41) is 11.5. The van der Waals surface area contributed by atoms with Gasteiger partial charge in [-0.25, -0.2) is 4.79 Å². The Hall–Kier alpha value is -2.24. The Morgan fingerprint density at radius 1 is 1.19 bits per heavy atom. The minimum atomic E-state index is -1.03. The molecule has 0 spiro atoms. The Morgan fingerprint density at radius 2 is 1.76 bits per heavy atom. The number of hydrogen-bond acceptors (Lipinski definition) is 4. The van der Waals surface area contributed by atoms with Crippen molar-refractivity contribution >= 4 is 11.9 Å². The minimum absolute atomic E-state index is 0.0997. The minimum Gasteiger partial charge on any atom is -0.497 e. The summed E-state index contributed by atoms with van der Waals surface area (Å²) in [6, 6.07) is 6.12. The van der Waals surface area contributed by atoms with Crippen LogP contribution in [0, 0.1) is 5.92 Å². The van der Waals surface area contributed by atoms with E-state index in [1.807, 2.05) is 0 Å². The molecule has 0 fully saturated rings. The van der Waals surface area contributed by atoms with Gasteiger partial charge in [-0.05, 0) is 30.2 Å². The van der Waals surface area contributed by atoms with Gasteiger partial charge < -0.3 is 19.9 Å². The molecule has 1 aromatic carbocycles. The summed E-state index contributed by atoms with van der Waals surface area (Å²) in [6.45, 7) is 3.67. The summed E-state index contributed by atoms with van der Waals surface area (Å²) >= 11 is 0. The normalized spacial score (nSPS) is 11.8. The van der Waals surface area contributed by atoms with Crippen molar-refractivity contribution in [2.24, 2.45) is 5.92 Å². The number of benzene rings is 1. The van der Waals surface area contributed by atoms with Crippen molar-refractivity contribution in [3.8, 4) is 11.5 Å². The molecule has 0 heterocycles. The van der Waals surface area contributed by atoms with Crippen molar-refractivity contribution in [1.29, 1.82) is 0 Å². The first-order valence-corrected chi connectivity index (χ1v) is 6.73. The number of carbonyl (C=O) groups is 2. The van der Waals surface area contributed by atoms with E-state index in [0.717, 1.165) is 5.75 Å². The van der Waals surface area contributed by atoms with E-state index in [1.54, 1.807) is 45.2 Å². The largest absolute Gasteiger partial charge is 0.497 e. The highest BCUT2D eigenvalue weighted by Gasteiger charge is 2.23. The molecule has 0 aliphatic heterocycles. The van der Waals surface area contributed by atoms with Crippen molar-refractivity contribution in [2.75, 3.05) is 13.7 Å². The number of ether oxygens (including phenoxy) is 2. The first-order chi connectivity index (χ1) is 9.93. The smallest absolute Gasteiger partial charge is 0.326 e. The first kappa shape index (κ1) is 16.8. The second-order valence-corrected chi connectivity index (χ2v) is 4.90. The van der Waals surface area contributed by atoms with Crippen LogP contribution in [0.5, 0.6) is 11.5 Å². The number of carboxylic acid groups (broad SMARTS) is 1. The Bertz CT molecular complexity index is 469. The molecule has 6 heteroatoms. The average molecular weight is 295 g/mol.